The number of hydrogen-bond donors (Lipinski definition) is 1. The molecule has 20 heavy (non-hydrogen) atoms. The first-order valence-corrected chi connectivity index (χ1v) is 6.10. The standard InChI is InChI=1S/C11H13F3N2O4/c12-11(13,14)6-1-3-16(4-2-6)9(17)8-5-7(10(18)19)15-20-8/h6,8H,1-5H2,(H,18,19). The molecule has 1 saturated heterocycles. The molecule has 0 spiro atoms. The van der Waals surface area contributed by atoms with Crippen molar-refractivity contribution >= 4 is 17.6 Å². The fourth-order valence-corrected chi connectivity index (χ4v) is 2.27. The van der Waals surface area contributed by atoms with Gasteiger partial charge in [0.2, 0.25) is 6.10 Å². The van der Waals surface area contributed by atoms with E-state index in [1.165, 1.54) is 4.90 Å². The Morgan fingerprint density at radius 3 is 2.35 bits per heavy atom. The molecule has 9 heteroatoms. The predicted molar refractivity (Wildman–Crippen MR) is 59.9 cm³/mol. The number of likely N-dealkylation sites (tertiary alicyclic amines) is 1. The van der Waals surface area contributed by atoms with Crippen molar-refractivity contribution in [3.8, 4) is 0 Å². The van der Waals surface area contributed by atoms with Crippen molar-refractivity contribution in [2.45, 2.75) is 31.5 Å². The van der Waals surface area contributed by atoms with Crippen molar-refractivity contribution in [3.63, 3.8) is 0 Å². The lowest BCUT2D eigenvalue weighted by molar-refractivity contribution is -0.187. The van der Waals surface area contributed by atoms with Crippen LogP contribution in [0.15, 0.2) is 5.16 Å². The molecule has 2 rings (SSSR count). The van der Waals surface area contributed by atoms with Gasteiger partial charge in [-0.3, -0.25) is 4.79 Å². The molecule has 0 saturated carbocycles. The fourth-order valence-electron chi connectivity index (χ4n) is 2.27. The van der Waals surface area contributed by atoms with Crippen LogP contribution < -0.4 is 0 Å². The second kappa shape index (κ2) is 5.29. The molecule has 1 atom stereocenters. The number of halogens is 3. The van der Waals surface area contributed by atoms with E-state index in [1.54, 1.807) is 0 Å². The topological polar surface area (TPSA) is 79.2 Å². The number of alkyl halides is 3. The molecule has 2 aliphatic rings. The molecule has 0 aliphatic carbocycles. The molecule has 0 aromatic rings. The number of oxime groups is 1. The quantitative estimate of drug-likeness (QED) is 0.824. The molecule has 2 heterocycles. The molecule has 0 aromatic carbocycles. The minimum Gasteiger partial charge on any atom is -0.477 e. The number of carboxylic acids is 1. The number of amides is 1. The third-order valence-corrected chi connectivity index (χ3v) is 3.46. The molecular weight excluding hydrogens is 281 g/mol. The smallest absolute Gasteiger partial charge is 0.391 e. The summed E-state index contributed by atoms with van der Waals surface area (Å²) >= 11 is 0. The van der Waals surface area contributed by atoms with Gasteiger partial charge in [-0.05, 0) is 12.8 Å². The van der Waals surface area contributed by atoms with Crippen LogP contribution in [0.25, 0.3) is 0 Å². The number of carbonyl (C=O) groups excluding carboxylic acids is 1. The predicted octanol–water partition coefficient (Wildman–Crippen LogP) is 1.02. The van der Waals surface area contributed by atoms with E-state index in [0.717, 1.165) is 0 Å². The highest BCUT2D eigenvalue weighted by Gasteiger charge is 2.43. The van der Waals surface area contributed by atoms with Gasteiger partial charge in [0.15, 0.2) is 5.71 Å². The summed E-state index contributed by atoms with van der Waals surface area (Å²) in [7, 11) is 0. The van der Waals surface area contributed by atoms with E-state index < -0.39 is 30.1 Å². The van der Waals surface area contributed by atoms with Crippen molar-refractivity contribution < 1.29 is 32.7 Å². The van der Waals surface area contributed by atoms with Crippen LogP contribution in [-0.2, 0) is 14.4 Å². The highest BCUT2D eigenvalue weighted by Crippen LogP contribution is 2.34. The van der Waals surface area contributed by atoms with E-state index in [0.29, 0.717) is 0 Å². The molecule has 2 aliphatic heterocycles. The van der Waals surface area contributed by atoms with Crippen LogP contribution in [0.3, 0.4) is 0 Å². The summed E-state index contributed by atoms with van der Waals surface area (Å²) in [6.07, 6.45) is -5.72. The Morgan fingerprint density at radius 1 is 1.30 bits per heavy atom. The lowest BCUT2D eigenvalue weighted by atomic mass is 9.96. The van der Waals surface area contributed by atoms with E-state index in [1.807, 2.05) is 0 Å². The minimum absolute atomic E-state index is 0.00866. The zero-order chi connectivity index (χ0) is 14.9. The summed E-state index contributed by atoms with van der Waals surface area (Å²) in [4.78, 5) is 28.6. The van der Waals surface area contributed by atoms with Crippen LogP contribution in [-0.4, -0.2) is 53.0 Å². The fraction of sp³-hybridized carbons (Fsp3) is 0.727. The van der Waals surface area contributed by atoms with Gasteiger partial charge >= 0.3 is 12.1 Å². The van der Waals surface area contributed by atoms with Crippen LogP contribution in [0.2, 0.25) is 0 Å². The molecular formula is C11H13F3N2O4. The van der Waals surface area contributed by atoms with Crippen LogP contribution in [0.4, 0.5) is 13.2 Å². The van der Waals surface area contributed by atoms with Crippen molar-refractivity contribution in [1.29, 1.82) is 0 Å². The first kappa shape index (κ1) is 14.6. The Bertz CT molecular complexity index is 441. The van der Waals surface area contributed by atoms with Gasteiger partial charge in [0.25, 0.3) is 5.91 Å². The van der Waals surface area contributed by atoms with Crippen molar-refractivity contribution in [2.75, 3.05) is 13.1 Å². The highest BCUT2D eigenvalue weighted by molar-refractivity contribution is 6.36. The van der Waals surface area contributed by atoms with E-state index in [2.05, 4.69) is 5.16 Å². The summed E-state index contributed by atoms with van der Waals surface area (Å²) in [5.41, 5.74) is -0.256. The molecule has 0 bridgehead atoms. The summed E-state index contributed by atoms with van der Waals surface area (Å²) in [6.45, 7) is -0.0173. The van der Waals surface area contributed by atoms with E-state index in [4.69, 9.17) is 9.94 Å². The number of aliphatic carboxylic acids is 1. The Balaban J connectivity index is 1.86. The lowest BCUT2D eigenvalue weighted by Gasteiger charge is -2.33. The molecule has 1 N–H and O–H groups in total. The highest BCUT2D eigenvalue weighted by atomic mass is 19.4. The summed E-state index contributed by atoms with van der Waals surface area (Å²) in [6, 6.07) is 0. The van der Waals surface area contributed by atoms with Crippen LogP contribution in [0.1, 0.15) is 19.3 Å². The second-order valence-electron chi connectivity index (χ2n) is 4.78. The van der Waals surface area contributed by atoms with E-state index in [9.17, 15) is 22.8 Å². The molecule has 6 nitrogen and oxygen atoms in total. The maximum absolute atomic E-state index is 12.5. The van der Waals surface area contributed by atoms with Gasteiger partial charge in [-0.15, -0.1) is 0 Å². The van der Waals surface area contributed by atoms with Gasteiger partial charge < -0.3 is 14.8 Å². The normalized spacial score (nSPS) is 24.2. The summed E-state index contributed by atoms with van der Waals surface area (Å²) in [5.74, 6) is -3.16. The van der Waals surface area contributed by atoms with Crippen LogP contribution in [0.5, 0.6) is 0 Å². The van der Waals surface area contributed by atoms with Gasteiger partial charge in [0, 0.05) is 19.5 Å². The van der Waals surface area contributed by atoms with Crippen molar-refractivity contribution in [2.24, 2.45) is 11.1 Å². The molecule has 112 valence electrons. The Morgan fingerprint density at radius 2 is 1.90 bits per heavy atom. The minimum atomic E-state index is -4.24. The van der Waals surface area contributed by atoms with Crippen molar-refractivity contribution in [3.05, 3.63) is 0 Å². The molecule has 1 unspecified atom stereocenters. The summed E-state index contributed by atoms with van der Waals surface area (Å²) < 4.78 is 37.5. The van der Waals surface area contributed by atoms with Gasteiger partial charge in [-0.2, -0.15) is 13.2 Å². The SMILES string of the molecule is O=C(O)C1=NOC(C(=O)N2CCC(C(F)(F)F)CC2)C1. The number of nitrogens with zero attached hydrogens (tertiary/aromatic N) is 2. The first-order chi connectivity index (χ1) is 9.29. The zero-order valence-corrected chi connectivity index (χ0v) is 10.4. The number of carboxylic acid groups (broad SMARTS) is 1. The van der Waals surface area contributed by atoms with Gasteiger partial charge in [-0.25, -0.2) is 4.79 Å². The maximum Gasteiger partial charge on any atom is 0.391 e. The van der Waals surface area contributed by atoms with E-state index >= 15 is 0 Å². The molecule has 1 amide bonds. The van der Waals surface area contributed by atoms with Gasteiger partial charge in [0.05, 0.1) is 5.92 Å². The Kier molecular flexibility index (Phi) is 3.87. The van der Waals surface area contributed by atoms with Crippen LogP contribution in [0, 0.1) is 5.92 Å². The average molecular weight is 294 g/mol. The number of hydrogen-bond acceptors (Lipinski definition) is 4. The van der Waals surface area contributed by atoms with Crippen molar-refractivity contribution in [1.82, 2.24) is 4.90 Å². The van der Waals surface area contributed by atoms with E-state index in [-0.39, 0.29) is 38.1 Å². The third-order valence-electron chi connectivity index (χ3n) is 3.46. The Labute approximate surface area is 112 Å². The Hall–Kier alpha value is -1.80. The lowest BCUT2D eigenvalue weighted by Crippen LogP contribution is -2.46. The zero-order valence-electron chi connectivity index (χ0n) is 10.4. The number of carbonyl (C=O) groups is 2. The van der Waals surface area contributed by atoms with Crippen LogP contribution >= 0.6 is 0 Å². The van der Waals surface area contributed by atoms with Gasteiger partial charge in [-0.1, -0.05) is 5.16 Å². The number of piperidine rings is 1. The maximum atomic E-state index is 12.5. The molecule has 0 aromatic heterocycles. The third kappa shape index (κ3) is 3.02. The monoisotopic (exact) mass is 294 g/mol. The largest absolute Gasteiger partial charge is 0.477 e. The second-order valence-corrected chi connectivity index (χ2v) is 4.78. The first-order valence-electron chi connectivity index (χ1n) is 6.10. The molecule has 1 fully saturated rings. The summed E-state index contributed by atoms with van der Waals surface area (Å²) in [5, 5.41) is 12.0. The number of rotatable bonds is 2. The van der Waals surface area contributed by atoms with Gasteiger partial charge in [0.1, 0.15) is 0 Å². The molecule has 0 radical (unpaired) electrons. The average Bonchev–Trinajstić information content (AvgIpc) is 2.86.